The quantitative estimate of drug-likeness (QED) is 0.168. The molecule has 5 aromatic carbocycles. The van der Waals surface area contributed by atoms with E-state index in [0.29, 0.717) is 0 Å². The van der Waals surface area contributed by atoms with Crippen molar-refractivity contribution in [1.82, 2.24) is 23.7 Å². The fourth-order valence-corrected chi connectivity index (χ4v) is 6.83. The van der Waals surface area contributed by atoms with Gasteiger partial charge in [0.05, 0.1) is 16.7 Å². The van der Waals surface area contributed by atoms with Crippen LogP contribution in [0.15, 0.2) is 128 Å². The van der Waals surface area contributed by atoms with Crippen molar-refractivity contribution < 1.29 is 21.1 Å². The largest absolute Gasteiger partial charge is 2.00 e. The van der Waals surface area contributed by atoms with Crippen LogP contribution in [0.2, 0.25) is 0 Å². The minimum Gasteiger partial charge on any atom is -0.313 e. The summed E-state index contributed by atoms with van der Waals surface area (Å²) in [6.07, 6.45) is 3.92. The van der Waals surface area contributed by atoms with Crippen LogP contribution in [0.4, 0.5) is 0 Å². The van der Waals surface area contributed by atoms with Crippen LogP contribution in [0.5, 0.6) is 0 Å². The summed E-state index contributed by atoms with van der Waals surface area (Å²) in [7, 11) is 0. The molecule has 0 fully saturated rings. The first-order valence-corrected chi connectivity index (χ1v) is 15.1. The molecule has 9 rings (SSSR count). The Balaban J connectivity index is 0.00000312. The van der Waals surface area contributed by atoms with Crippen LogP contribution in [-0.4, -0.2) is 23.7 Å². The molecule has 9 aromatic rings. The summed E-state index contributed by atoms with van der Waals surface area (Å²) in [6, 6.07) is 47.1. The monoisotopic (exact) mass is 772 g/mol. The predicted octanol–water partition coefficient (Wildman–Crippen LogP) is 9.34. The molecule has 0 saturated heterocycles. The van der Waals surface area contributed by atoms with Crippen molar-refractivity contribution in [3.63, 3.8) is 0 Å². The summed E-state index contributed by atoms with van der Waals surface area (Å²) in [5.74, 6) is 0.807. The molecule has 4 aromatic heterocycles. The van der Waals surface area contributed by atoms with Gasteiger partial charge in [0.25, 0.3) is 0 Å². The van der Waals surface area contributed by atoms with Crippen molar-refractivity contribution in [3.05, 3.63) is 151 Å². The van der Waals surface area contributed by atoms with Crippen molar-refractivity contribution in [1.29, 1.82) is 0 Å². The van der Waals surface area contributed by atoms with Gasteiger partial charge in [-0.15, -0.1) is 12.1 Å². The molecule has 0 N–H and O–H groups in total. The van der Waals surface area contributed by atoms with Gasteiger partial charge in [0.1, 0.15) is 11.3 Å². The molecule has 0 aliphatic heterocycles. The summed E-state index contributed by atoms with van der Waals surface area (Å²) >= 11 is 0. The second-order valence-corrected chi connectivity index (χ2v) is 11.5. The Morgan fingerprint density at radius 3 is 1.96 bits per heavy atom. The summed E-state index contributed by atoms with van der Waals surface area (Å²) in [5, 5.41) is 4.49. The smallest absolute Gasteiger partial charge is 0.313 e. The van der Waals surface area contributed by atoms with Crippen LogP contribution < -0.4 is 0 Å². The van der Waals surface area contributed by atoms with Gasteiger partial charge in [0.15, 0.2) is 0 Å². The second-order valence-electron chi connectivity index (χ2n) is 11.5. The van der Waals surface area contributed by atoms with Crippen LogP contribution in [0.25, 0.3) is 72.3 Å². The molecule has 0 aliphatic carbocycles. The normalized spacial score (nSPS) is 11.5. The van der Waals surface area contributed by atoms with E-state index in [1.807, 2.05) is 30.6 Å². The zero-order valence-corrected chi connectivity index (χ0v) is 27.4. The van der Waals surface area contributed by atoms with Crippen LogP contribution in [0, 0.1) is 26.0 Å². The van der Waals surface area contributed by atoms with E-state index in [9.17, 15) is 0 Å². The SMILES string of the molecule is Cc1cccc(C)c1-n1ccnc1-n1c2ccccc2c2cc3c4ccccc4n(-c4[c-]c(-c5[c-]cccc5)ccc4)c3nc21.[Pt+2]. The molecular weight excluding hydrogens is 746 g/mol. The van der Waals surface area contributed by atoms with Crippen molar-refractivity contribution in [2.45, 2.75) is 13.8 Å². The van der Waals surface area contributed by atoms with E-state index in [4.69, 9.17) is 9.97 Å². The van der Waals surface area contributed by atoms with E-state index in [2.05, 4.69) is 137 Å². The van der Waals surface area contributed by atoms with E-state index < -0.39 is 0 Å². The molecule has 0 bridgehead atoms. The van der Waals surface area contributed by atoms with Crippen molar-refractivity contribution >= 4 is 43.9 Å². The molecule has 46 heavy (non-hydrogen) atoms. The van der Waals surface area contributed by atoms with Gasteiger partial charge in [-0.3, -0.25) is 9.13 Å². The number of para-hydroxylation sites is 3. The Hall–Kier alpha value is -5.25. The first-order chi connectivity index (χ1) is 22.2. The number of nitrogens with zero attached hydrogens (tertiary/aromatic N) is 5. The van der Waals surface area contributed by atoms with E-state index in [-0.39, 0.29) is 21.1 Å². The molecule has 0 spiro atoms. The van der Waals surface area contributed by atoms with Crippen LogP contribution in [0.1, 0.15) is 11.1 Å². The molecular formula is C40H27N5Pt. The predicted molar refractivity (Wildman–Crippen MR) is 183 cm³/mol. The maximum Gasteiger partial charge on any atom is 2.00 e. The van der Waals surface area contributed by atoms with Crippen LogP contribution in [-0.2, 0) is 21.1 Å². The topological polar surface area (TPSA) is 40.6 Å². The average molecular weight is 773 g/mol. The van der Waals surface area contributed by atoms with E-state index in [1.54, 1.807) is 0 Å². The van der Waals surface area contributed by atoms with Crippen LogP contribution >= 0.6 is 0 Å². The van der Waals surface area contributed by atoms with Gasteiger partial charge >= 0.3 is 21.1 Å². The Labute approximate surface area is 280 Å². The average Bonchev–Trinajstić information content (AvgIpc) is 3.76. The summed E-state index contributed by atoms with van der Waals surface area (Å²) in [4.78, 5) is 10.4. The third-order valence-electron chi connectivity index (χ3n) is 8.80. The second kappa shape index (κ2) is 11.0. The van der Waals surface area contributed by atoms with E-state index in [1.165, 1.54) is 11.1 Å². The molecule has 0 aliphatic rings. The van der Waals surface area contributed by atoms with Gasteiger partial charge in [-0.25, -0.2) is 21.1 Å². The number of aryl methyl sites for hydroxylation is 2. The van der Waals surface area contributed by atoms with Gasteiger partial charge in [0.2, 0.25) is 5.95 Å². The maximum atomic E-state index is 5.51. The maximum absolute atomic E-state index is 5.51. The van der Waals surface area contributed by atoms with Crippen LogP contribution in [0.3, 0.4) is 0 Å². The Morgan fingerprint density at radius 1 is 0.609 bits per heavy atom. The first kappa shape index (κ1) is 28.2. The van der Waals surface area contributed by atoms with Gasteiger partial charge in [-0.1, -0.05) is 54.6 Å². The zero-order chi connectivity index (χ0) is 30.1. The molecule has 0 radical (unpaired) electrons. The summed E-state index contributed by atoms with van der Waals surface area (Å²) in [6.45, 7) is 4.30. The third kappa shape index (κ3) is 4.19. The fourth-order valence-electron chi connectivity index (χ4n) is 6.83. The molecule has 0 unspecified atom stereocenters. The van der Waals surface area contributed by atoms with Gasteiger partial charge in [0, 0.05) is 33.9 Å². The van der Waals surface area contributed by atoms with Crippen molar-refractivity contribution in [3.8, 4) is 28.5 Å². The molecule has 5 nitrogen and oxygen atoms in total. The molecule has 0 amide bonds. The van der Waals surface area contributed by atoms with Gasteiger partial charge < -0.3 is 4.57 Å². The number of pyridine rings is 1. The van der Waals surface area contributed by atoms with E-state index in [0.717, 1.165) is 72.3 Å². The summed E-state index contributed by atoms with van der Waals surface area (Å²) < 4.78 is 6.62. The minimum absolute atomic E-state index is 0. The Bertz CT molecular complexity index is 2550. The molecule has 4 heterocycles. The number of benzene rings is 5. The number of hydrogen-bond acceptors (Lipinski definition) is 2. The zero-order valence-electron chi connectivity index (χ0n) is 25.2. The molecule has 0 saturated carbocycles. The molecule has 0 atom stereocenters. The molecule has 222 valence electrons. The minimum atomic E-state index is 0. The Kier molecular flexibility index (Phi) is 6.74. The number of imidazole rings is 1. The third-order valence-corrected chi connectivity index (χ3v) is 8.80. The number of hydrogen-bond donors (Lipinski definition) is 0. The van der Waals surface area contributed by atoms with E-state index >= 15 is 0 Å². The Morgan fingerprint density at radius 2 is 1.24 bits per heavy atom. The van der Waals surface area contributed by atoms with Gasteiger partial charge in [-0.2, -0.15) is 42.5 Å². The summed E-state index contributed by atoms with van der Waals surface area (Å²) in [5.41, 5.74) is 10.3. The van der Waals surface area contributed by atoms with Crippen molar-refractivity contribution in [2.24, 2.45) is 0 Å². The number of fused-ring (bicyclic) bond motifs is 6. The standard InChI is InChI=1S/C40H27N5.Pt/c1-26-12-10-13-27(2)37(26)43-23-22-41-40(43)45-36-21-9-7-19-32(36)34-25-33-31-18-6-8-20-35(31)44(38(33)42-39(34)45)30-17-11-16-29(24-30)28-14-4-3-5-15-28;/h3-14,16-23,25H,1-2H3;/q-2;+2. The molecule has 6 heteroatoms. The fraction of sp³-hybridized carbons (Fsp3) is 0.0500. The van der Waals surface area contributed by atoms with Gasteiger partial charge in [-0.05, 0) is 48.9 Å². The first-order valence-electron chi connectivity index (χ1n) is 15.1. The van der Waals surface area contributed by atoms with Crippen molar-refractivity contribution in [2.75, 3.05) is 0 Å². The number of aromatic nitrogens is 5. The number of rotatable bonds is 4.